The molecule has 6 heteroatoms. The zero-order valence-electron chi connectivity index (χ0n) is 14.7. The van der Waals surface area contributed by atoms with Crippen LogP contribution in [0.3, 0.4) is 0 Å². The summed E-state index contributed by atoms with van der Waals surface area (Å²) in [5.41, 5.74) is 2.99. The van der Waals surface area contributed by atoms with Crippen molar-refractivity contribution in [2.24, 2.45) is 0 Å². The monoisotopic (exact) mass is 352 g/mol. The van der Waals surface area contributed by atoms with Gasteiger partial charge in [-0.05, 0) is 49.3 Å². The Bertz CT molecular complexity index is 724. The largest absolute Gasteiger partial charge is 0.463 e. The van der Waals surface area contributed by atoms with Crippen molar-refractivity contribution in [1.82, 2.24) is 9.97 Å². The van der Waals surface area contributed by atoms with Crippen LogP contribution < -0.4 is 0 Å². The molecule has 0 spiro atoms. The van der Waals surface area contributed by atoms with Gasteiger partial charge in [0.15, 0.2) is 0 Å². The molecule has 0 saturated carbocycles. The minimum absolute atomic E-state index is 0.344. The summed E-state index contributed by atoms with van der Waals surface area (Å²) in [6.45, 7) is 4.20. The van der Waals surface area contributed by atoms with Crippen LogP contribution in [-0.4, -0.2) is 35.1 Å². The molecule has 0 saturated heterocycles. The highest BCUT2D eigenvalue weighted by Crippen LogP contribution is 2.16. The SMILES string of the molecule is CCOC(=O)/C=C/c1ccc(-c2ccc(/C=C/C(=O)OCC)cn2)nc1. The highest BCUT2D eigenvalue weighted by molar-refractivity contribution is 5.87. The Balaban J connectivity index is 2.03. The van der Waals surface area contributed by atoms with E-state index >= 15 is 0 Å². The standard InChI is InChI=1S/C20H20N2O4/c1-3-25-19(23)11-7-15-5-9-17(21-13-15)18-10-6-16(14-22-18)8-12-20(24)26-4-2/h5-14H,3-4H2,1-2H3/b11-7+,12-8+. The summed E-state index contributed by atoms with van der Waals surface area (Å²) in [4.78, 5) is 31.3. The fraction of sp³-hybridized carbons (Fsp3) is 0.200. The summed E-state index contributed by atoms with van der Waals surface area (Å²) >= 11 is 0. The Morgan fingerprint density at radius 2 is 1.23 bits per heavy atom. The highest BCUT2D eigenvalue weighted by Gasteiger charge is 2.02. The van der Waals surface area contributed by atoms with Gasteiger partial charge in [0.1, 0.15) is 0 Å². The molecule has 0 fully saturated rings. The lowest BCUT2D eigenvalue weighted by atomic mass is 10.1. The second-order valence-electron chi connectivity index (χ2n) is 5.12. The first-order valence-corrected chi connectivity index (χ1v) is 8.24. The van der Waals surface area contributed by atoms with Crippen LogP contribution >= 0.6 is 0 Å². The molecule has 2 rings (SSSR count). The van der Waals surface area contributed by atoms with Crippen LogP contribution in [0.5, 0.6) is 0 Å². The maximum atomic E-state index is 11.3. The Labute approximate surface area is 152 Å². The van der Waals surface area contributed by atoms with Crippen molar-refractivity contribution < 1.29 is 19.1 Å². The second kappa shape index (κ2) is 9.88. The molecule has 134 valence electrons. The Morgan fingerprint density at radius 1 is 0.808 bits per heavy atom. The van der Waals surface area contributed by atoms with E-state index in [1.807, 2.05) is 24.3 Å². The fourth-order valence-electron chi connectivity index (χ4n) is 2.02. The number of ether oxygens (including phenoxy) is 2. The van der Waals surface area contributed by atoms with Crippen LogP contribution in [0.25, 0.3) is 23.5 Å². The summed E-state index contributed by atoms with van der Waals surface area (Å²) in [6.07, 6.45) is 9.33. The first-order chi connectivity index (χ1) is 12.6. The third-order valence-corrected chi connectivity index (χ3v) is 3.23. The second-order valence-corrected chi connectivity index (χ2v) is 5.12. The normalized spacial score (nSPS) is 11.0. The van der Waals surface area contributed by atoms with Crippen LogP contribution in [0.15, 0.2) is 48.8 Å². The van der Waals surface area contributed by atoms with Crippen LogP contribution in [0.4, 0.5) is 0 Å². The van der Waals surface area contributed by atoms with Gasteiger partial charge in [0, 0.05) is 24.5 Å². The van der Waals surface area contributed by atoms with Gasteiger partial charge in [-0.3, -0.25) is 9.97 Å². The van der Waals surface area contributed by atoms with Gasteiger partial charge in [0.05, 0.1) is 24.6 Å². The number of rotatable bonds is 7. The van der Waals surface area contributed by atoms with E-state index in [2.05, 4.69) is 9.97 Å². The molecule has 0 aliphatic heterocycles. The van der Waals surface area contributed by atoms with Crippen LogP contribution in [0.2, 0.25) is 0 Å². The van der Waals surface area contributed by atoms with Crippen molar-refractivity contribution in [2.75, 3.05) is 13.2 Å². The van der Waals surface area contributed by atoms with Gasteiger partial charge in [-0.15, -0.1) is 0 Å². The van der Waals surface area contributed by atoms with Gasteiger partial charge in [-0.1, -0.05) is 12.1 Å². The lowest BCUT2D eigenvalue weighted by Gasteiger charge is -2.02. The van der Waals surface area contributed by atoms with E-state index in [1.165, 1.54) is 12.2 Å². The maximum Gasteiger partial charge on any atom is 0.330 e. The molecule has 2 aromatic heterocycles. The van der Waals surface area contributed by atoms with Gasteiger partial charge in [0.2, 0.25) is 0 Å². The minimum Gasteiger partial charge on any atom is -0.463 e. The average molecular weight is 352 g/mol. The predicted octanol–water partition coefficient (Wildman–Crippen LogP) is 3.30. The fourth-order valence-corrected chi connectivity index (χ4v) is 2.02. The molecule has 0 aromatic carbocycles. The predicted molar refractivity (Wildman–Crippen MR) is 98.8 cm³/mol. The summed E-state index contributed by atoms with van der Waals surface area (Å²) in [5.74, 6) is -0.769. The van der Waals surface area contributed by atoms with Crippen LogP contribution in [-0.2, 0) is 19.1 Å². The number of carbonyl (C=O) groups excluding carboxylic acids is 2. The number of nitrogens with zero attached hydrogens (tertiary/aromatic N) is 2. The molecule has 0 N–H and O–H groups in total. The lowest BCUT2D eigenvalue weighted by molar-refractivity contribution is -0.138. The van der Waals surface area contributed by atoms with E-state index < -0.39 is 0 Å². The zero-order chi connectivity index (χ0) is 18.8. The molecule has 0 aliphatic rings. The van der Waals surface area contributed by atoms with E-state index in [4.69, 9.17) is 9.47 Å². The van der Waals surface area contributed by atoms with Crippen molar-refractivity contribution in [3.8, 4) is 11.4 Å². The van der Waals surface area contributed by atoms with Gasteiger partial charge in [-0.25, -0.2) is 9.59 Å². The van der Waals surface area contributed by atoms with Crippen molar-refractivity contribution in [2.45, 2.75) is 13.8 Å². The minimum atomic E-state index is -0.385. The van der Waals surface area contributed by atoms with E-state index in [-0.39, 0.29) is 11.9 Å². The summed E-state index contributed by atoms with van der Waals surface area (Å²) in [7, 11) is 0. The Morgan fingerprint density at radius 3 is 1.54 bits per heavy atom. The third-order valence-electron chi connectivity index (χ3n) is 3.23. The number of esters is 2. The molecular formula is C20H20N2O4. The molecule has 26 heavy (non-hydrogen) atoms. The van der Waals surface area contributed by atoms with Crippen LogP contribution in [0, 0.1) is 0 Å². The van der Waals surface area contributed by atoms with Gasteiger partial charge >= 0.3 is 11.9 Å². The van der Waals surface area contributed by atoms with Gasteiger partial charge in [0.25, 0.3) is 0 Å². The number of aromatic nitrogens is 2. The first kappa shape index (κ1) is 19.1. The molecule has 2 heterocycles. The van der Waals surface area contributed by atoms with Crippen molar-refractivity contribution in [1.29, 1.82) is 0 Å². The molecule has 2 aromatic rings. The number of hydrogen-bond acceptors (Lipinski definition) is 6. The van der Waals surface area contributed by atoms with Crippen LogP contribution in [0.1, 0.15) is 25.0 Å². The maximum absolute atomic E-state index is 11.3. The van der Waals surface area contributed by atoms with Crippen molar-refractivity contribution in [3.63, 3.8) is 0 Å². The highest BCUT2D eigenvalue weighted by atomic mass is 16.5. The van der Waals surface area contributed by atoms with E-state index in [9.17, 15) is 9.59 Å². The summed E-state index contributed by atoms with van der Waals surface area (Å²) in [6, 6.07) is 7.32. The number of pyridine rings is 2. The third kappa shape index (κ3) is 5.98. The van der Waals surface area contributed by atoms with E-state index in [0.29, 0.717) is 24.6 Å². The summed E-state index contributed by atoms with van der Waals surface area (Å²) in [5, 5.41) is 0. The quantitative estimate of drug-likeness (QED) is 0.562. The van der Waals surface area contributed by atoms with E-state index in [1.54, 1.807) is 38.4 Å². The molecule has 0 atom stereocenters. The van der Waals surface area contributed by atoms with E-state index in [0.717, 1.165) is 11.1 Å². The van der Waals surface area contributed by atoms with Crippen molar-refractivity contribution >= 4 is 24.1 Å². The topological polar surface area (TPSA) is 78.4 Å². The number of carbonyl (C=O) groups is 2. The lowest BCUT2D eigenvalue weighted by Crippen LogP contribution is -1.98. The summed E-state index contributed by atoms with van der Waals surface area (Å²) < 4.78 is 9.65. The molecule has 0 aliphatic carbocycles. The smallest absolute Gasteiger partial charge is 0.330 e. The van der Waals surface area contributed by atoms with Crippen molar-refractivity contribution in [3.05, 3.63) is 59.9 Å². The zero-order valence-corrected chi connectivity index (χ0v) is 14.7. The van der Waals surface area contributed by atoms with Gasteiger partial charge in [-0.2, -0.15) is 0 Å². The molecule has 0 unspecified atom stereocenters. The first-order valence-electron chi connectivity index (χ1n) is 8.24. The Hall–Kier alpha value is -3.28. The number of hydrogen-bond donors (Lipinski definition) is 0. The molecule has 6 nitrogen and oxygen atoms in total. The Kier molecular flexibility index (Phi) is 7.24. The molecule has 0 radical (unpaired) electrons. The molecule has 0 bridgehead atoms. The molecular weight excluding hydrogens is 332 g/mol. The molecule has 0 amide bonds. The van der Waals surface area contributed by atoms with Gasteiger partial charge < -0.3 is 9.47 Å². The average Bonchev–Trinajstić information content (AvgIpc) is 2.66.